The van der Waals surface area contributed by atoms with Crippen LogP contribution in [0.1, 0.15) is 6.92 Å². The first-order valence-electron chi connectivity index (χ1n) is 8.18. The molecule has 4 rings (SSSR count). The maximum Gasteiger partial charge on any atom is 0.269 e. The lowest BCUT2D eigenvalue weighted by atomic mass is 10.3. The summed E-state index contributed by atoms with van der Waals surface area (Å²) < 4.78 is 14.1. The van der Waals surface area contributed by atoms with Crippen LogP contribution in [0.2, 0.25) is 0 Å². The van der Waals surface area contributed by atoms with Gasteiger partial charge in [-0.2, -0.15) is 0 Å². The Kier molecular flexibility index (Phi) is 4.50. The van der Waals surface area contributed by atoms with E-state index in [4.69, 9.17) is 0 Å². The number of para-hydroxylation sites is 1. The molecule has 7 heteroatoms. The minimum Gasteiger partial charge on any atom is -0.337 e. The highest BCUT2D eigenvalue weighted by Crippen LogP contribution is 2.50. The van der Waals surface area contributed by atoms with Gasteiger partial charge in [-0.15, -0.1) is 0 Å². The van der Waals surface area contributed by atoms with Crippen LogP contribution in [0.15, 0.2) is 68.4 Å². The fourth-order valence-electron chi connectivity index (χ4n) is 2.85. The number of rotatable bonds is 2. The van der Waals surface area contributed by atoms with Crippen LogP contribution in [-0.2, 0) is 4.79 Å². The number of hydrogen-bond acceptors (Lipinski definition) is 5. The molecule has 1 fully saturated rings. The summed E-state index contributed by atoms with van der Waals surface area (Å²) in [6, 6.07) is 14.5. The molecule has 2 aromatic rings. The standard InChI is InChI=1S/C19H16FN3OS2/c1-3-23-17(24)16(26-19(23)21-12-8-5-4-6-9-12)18-22(2)14-11-7-10-13(20)15(14)25-18/h4-11H,3H2,1-2H3. The SMILES string of the molecule is CCN1C(=O)C(=C2Sc3c(F)cccc3N2C)SC1=Nc1ccccc1. The summed E-state index contributed by atoms with van der Waals surface area (Å²) in [5.41, 5.74) is 1.58. The van der Waals surface area contributed by atoms with E-state index in [0.29, 0.717) is 21.5 Å². The molecule has 4 nitrogen and oxygen atoms in total. The average Bonchev–Trinajstić information content (AvgIpc) is 3.14. The maximum absolute atomic E-state index is 14.1. The van der Waals surface area contributed by atoms with Gasteiger partial charge >= 0.3 is 0 Å². The van der Waals surface area contributed by atoms with E-state index in [1.54, 1.807) is 11.0 Å². The smallest absolute Gasteiger partial charge is 0.269 e. The molecule has 2 aliphatic heterocycles. The molecule has 0 bridgehead atoms. The lowest BCUT2D eigenvalue weighted by Crippen LogP contribution is -2.29. The molecule has 0 spiro atoms. The first-order chi connectivity index (χ1) is 12.6. The number of nitrogens with zero attached hydrogens (tertiary/aromatic N) is 3. The molecule has 2 aromatic carbocycles. The fraction of sp³-hybridized carbons (Fsp3) is 0.158. The number of fused-ring (bicyclic) bond motifs is 1. The molecule has 132 valence electrons. The first kappa shape index (κ1) is 17.2. The highest BCUT2D eigenvalue weighted by molar-refractivity contribution is 8.19. The zero-order valence-electron chi connectivity index (χ0n) is 14.3. The van der Waals surface area contributed by atoms with Crippen LogP contribution in [0.25, 0.3) is 0 Å². The molecule has 0 unspecified atom stereocenters. The van der Waals surface area contributed by atoms with Crippen molar-refractivity contribution in [2.24, 2.45) is 4.99 Å². The van der Waals surface area contributed by atoms with Gasteiger partial charge in [-0.3, -0.25) is 9.69 Å². The second-order valence-electron chi connectivity index (χ2n) is 5.76. The lowest BCUT2D eigenvalue weighted by molar-refractivity contribution is -0.122. The fourth-order valence-corrected chi connectivity index (χ4v) is 5.26. The van der Waals surface area contributed by atoms with E-state index in [-0.39, 0.29) is 11.7 Å². The van der Waals surface area contributed by atoms with Crippen molar-refractivity contribution in [2.45, 2.75) is 11.8 Å². The van der Waals surface area contributed by atoms with Gasteiger partial charge in [0.15, 0.2) is 5.17 Å². The Hall–Kier alpha value is -2.25. The Morgan fingerprint density at radius 1 is 1.08 bits per heavy atom. The van der Waals surface area contributed by atoms with Crippen molar-refractivity contribution in [3.63, 3.8) is 0 Å². The number of thioether (sulfide) groups is 2. The highest BCUT2D eigenvalue weighted by Gasteiger charge is 2.39. The normalized spacial score (nSPS) is 21.0. The van der Waals surface area contributed by atoms with E-state index in [1.807, 2.05) is 55.3 Å². The molecule has 1 amide bonds. The van der Waals surface area contributed by atoms with E-state index < -0.39 is 0 Å². The molecule has 2 aliphatic rings. The van der Waals surface area contributed by atoms with E-state index in [9.17, 15) is 9.18 Å². The van der Waals surface area contributed by atoms with Crippen molar-refractivity contribution in [1.82, 2.24) is 4.90 Å². The van der Waals surface area contributed by atoms with Gasteiger partial charge in [0.25, 0.3) is 5.91 Å². The van der Waals surface area contributed by atoms with E-state index in [0.717, 1.165) is 16.4 Å². The van der Waals surface area contributed by atoms with Crippen LogP contribution < -0.4 is 4.90 Å². The van der Waals surface area contributed by atoms with Crippen molar-refractivity contribution < 1.29 is 9.18 Å². The number of anilines is 1. The number of halogens is 1. The monoisotopic (exact) mass is 385 g/mol. The van der Waals surface area contributed by atoms with Gasteiger partial charge in [0.05, 0.1) is 21.3 Å². The molecular formula is C19H16FN3OS2. The van der Waals surface area contributed by atoms with Crippen LogP contribution in [0.5, 0.6) is 0 Å². The number of likely N-dealkylation sites (N-methyl/N-ethyl adjacent to an activating group) is 1. The van der Waals surface area contributed by atoms with Crippen molar-refractivity contribution in [3.05, 3.63) is 64.3 Å². The van der Waals surface area contributed by atoms with E-state index >= 15 is 0 Å². The van der Waals surface area contributed by atoms with Crippen LogP contribution >= 0.6 is 23.5 Å². The van der Waals surface area contributed by atoms with E-state index in [2.05, 4.69) is 4.99 Å². The van der Waals surface area contributed by atoms with Crippen molar-refractivity contribution >= 4 is 46.0 Å². The third-order valence-electron chi connectivity index (χ3n) is 4.17. The minimum absolute atomic E-state index is 0.0882. The summed E-state index contributed by atoms with van der Waals surface area (Å²) in [6.45, 7) is 2.45. The number of carbonyl (C=O) groups is 1. The number of amides is 1. The molecule has 0 radical (unpaired) electrons. The molecule has 0 aromatic heterocycles. The summed E-state index contributed by atoms with van der Waals surface area (Å²) in [7, 11) is 1.86. The predicted molar refractivity (Wildman–Crippen MR) is 106 cm³/mol. The first-order valence-corrected chi connectivity index (χ1v) is 9.81. The Balaban J connectivity index is 1.75. The van der Waals surface area contributed by atoms with Gasteiger partial charge in [-0.05, 0) is 43.0 Å². The third-order valence-corrected chi connectivity index (χ3v) is 6.64. The Bertz CT molecular complexity index is 943. The Labute approximate surface area is 159 Å². The summed E-state index contributed by atoms with van der Waals surface area (Å²) in [4.78, 5) is 22.2. The third kappa shape index (κ3) is 2.81. The second kappa shape index (κ2) is 6.81. The summed E-state index contributed by atoms with van der Waals surface area (Å²) in [6.07, 6.45) is 0. The topological polar surface area (TPSA) is 35.9 Å². The van der Waals surface area contributed by atoms with Gasteiger partial charge in [0.1, 0.15) is 10.7 Å². The Morgan fingerprint density at radius 2 is 1.85 bits per heavy atom. The average molecular weight is 385 g/mol. The summed E-state index contributed by atoms with van der Waals surface area (Å²) in [5, 5.41) is 1.40. The number of carbonyl (C=O) groups excluding carboxylic acids is 1. The summed E-state index contributed by atoms with van der Waals surface area (Å²) >= 11 is 2.64. The molecule has 0 saturated carbocycles. The molecule has 1 saturated heterocycles. The predicted octanol–water partition coefficient (Wildman–Crippen LogP) is 4.82. The Morgan fingerprint density at radius 3 is 2.54 bits per heavy atom. The van der Waals surface area contributed by atoms with Crippen molar-refractivity contribution in [2.75, 3.05) is 18.5 Å². The molecule has 0 aliphatic carbocycles. The number of aliphatic imine (C=N–C) groups is 1. The number of amidine groups is 1. The molecule has 0 N–H and O–H groups in total. The maximum atomic E-state index is 14.1. The molecule has 2 heterocycles. The van der Waals surface area contributed by atoms with Gasteiger partial charge in [-0.1, -0.05) is 36.0 Å². The number of benzene rings is 2. The van der Waals surface area contributed by atoms with Crippen LogP contribution in [0, 0.1) is 5.82 Å². The van der Waals surface area contributed by atoms with Gasteiger partial charge < -0.3 is 4.90 Å². The highest BCUT2D eigenvalue weighted by atomic mass is 32.2. The van der Waals surface area contributed by atoms with Crippen LogP contribution in [0.3, 0.4) is 0 Å². The zero-order chi connectivity index (χ0) is 18.3. The van der Waals surface area contributed by atoms with Gasteiger partial charge in [-0.25, -0.2) is 9.38 Å². The van der Waals surface area contributed by atoms with Crippen molar-refractivity contribution in [1.29, 1.82) is 0 Å². The largest absolute Gasteiger partial charge is 0.337 e. The quantitative estimate of drug-likeness (QED) is 0.695. The molecule has 26 heavy (non-hydrogen) atoms. The van der Waals surface area contributed by atoms with Crippen LogP contribution in [-0.4, -0.2) is 29.6 Å². The minimum atomic E-state index is -0.268. The molecule has 0 atom stereocenters. The second-order valence-corrected chi connectivity index (χ2v) is 7.74. The van der Waals surface area contributed by atoms with Crippen LogP contribution in [0.4, 0.5) is 15.8 Å². The van der Waals surface area contributed by atoms with Gasteiger partial charge in [0.2, 0.25) is 0 Å². The zero-order valence-corrected chi connectivity index (χ0v) is 15.9. The van der Waals surface area contributed by atoms with Crippen molar-refractivity contribution in [3.8, 4) is 0 Å². The lowest BCUT2D eigenvalue weighted by Gasteiger charge is -2.15. The molecular weight excluding hydrogens is 369 g/mol. The van der Waals surface area contributed by atoms with E-state index in [1.165, 1.54) is 29.6 Å². The summed E-state index contributed by atoms with van der Waals surface area (Å²) in [5.74, 6) is -0.356. The number of hydrogen-bond donors (Lipinski definition) is 0. The van der Waals surface area contributed by atoms with Gasteiger partial charge in [0, 0.05) is 13.6 Å².